The minimum atomic E-state index is 0.608. The molecule has 1 aromatic heterocycles. The summed E-state index contributed by atoms with van der Waals surface area (Å²) in [7, 11) is 0. The van der Waals surface area contributed by atoms with Crippen LogP contribution in [0.15, 0.2) is 17.3 Å². The van der Waals surface area contributed by atoms with Crippen LogP contribution >= 0.6 is 11.8 Å². The molecule has 1 aliphatic rings. The number of hydrogen-bond acceptors (Lipinski definition) is 4. The maximum atomic E-state index is 10.0. The maximum absolute atomic E-state index is 10.0. The second-order valence-electron chi connectivity index (χ2n) is 2.81. The van der Waals surface area contributed by atoms with Crippen molar-refractivity contribution in [3.63, 3.8) is 0 Å². The summed E-state index contributed by atoms with van der Waals surface area (Å²) in [4.78, 5) is 17.8. The van der Waals surface area contributed by atoms with Gasteiger partial charge in [0.15, 0.2) is 0 Å². The Morgan fingerprint density at radius 1 is 1.62 bits per heavy atom. The fourth-order valence-electron chi connectivity index (χ4n) is 1.34. The van der Waals surface area contributed by atoms with Gasteiger partial charge in [-0.15, -0.1) is 0 Å². The number of aryl methyl sites for hydroxylation is 1. The summed E-state index contributed by atoms with van der Waals surface area (Å²) in [5, 5.41) is 0. The van der Waals surface area contributed by atoms with E-state index in [-0.39, 0.29) is 0 Å². The van der Waals surface area contributed by atoms with Gasteiger partial charge in [-0.2, -0.15) is 16.8 Å². The lowest BCUT2D eigenvalue weighted by molar-refractivity contribution is 0.565. The molecule has 2 heterocycles. The highest BCUT2D eigenvalue weighted by molar-refractivity contribution is 7.98. The molecule has 0 amide bonds. The van der Waals surface area contributed by atoms with E-state index in [1.807, 2.05) is 17.8 Å². The average Bonchev–Trinajstić information content (AvgIpc) is 2.18. The molecule has 0 fully saturated rings. The molecule has 0 aliphatic carbocycles. The molecule has 2 rings (SSSR count). The zero-order chi connectivity index (χ0) is 9.10. The van der Waals surface area contributed by atoms with E-state index in [1.165, 1.54) is 11.6 Å². The molecule has 4 heteroatoms. The summed E-state index contributed by atoms with van der Waals surface area (Å²) in [5.41, 5.74) is 2.95. The van der Waals surface area contributed by atoms with Crippen LogP contribution in [-0.2, 0) is 17.0 Å². The highest BCUT2D eigenvalue weighted by Crippen LogP contribution is 2.25. The van der Waals surface area contributed by atoms with Gasteiger partial charge in [0.2, 0.25) is 6.08 Å². The van der Waals surface area contributed by atoms with Gasteiger partial charge < -0.3 is 0 Å². The molecule has 66 valence electrons. The quantitative estimate of drug-likeness (QED) is 0.503. The topological polar surface area (TPSA) is 42.3 Å². The number of carbonyl (C=O) groups excluding carboxylic acids is 1. The number of aromatic nitrogens is 1. The van der Waals surface area contributed by atoms with Crippen LogP contribution in [0, 0.1) is 0 Å². The molecule has 0 unspecified atom stereocenters. The lowest BCUT2D eigenvalue weighted by Crippen LogP contribution is -2.04. The van der Waals surface area contributed by atoms with Gasteiger partial charge in [0.05, 0.1) is 11.9 Å². The van der Waals surface area contributed by atoms with Gasteiger partial charge >= 0.3 is 0 Å². The Bertz CT molecular complexity index is 372. The lowest BCUT2D eigenvalue weighted by Gasteiger charge is -2.13. The predicted octanol–water partition coefficient (Wildman–Crippen LogP) is 1.84. The summed E-state index contributed by atoms with van der Waals surface area (Å²) in [6, 6.07) is 1.92. The zero-order valence-corrected chi connectivity index (χ0v) is 7.80. The number of fused-ring (bicyclic) bond motifs is 1. The zero-order valence-electron chi connectivity index (χ0n) is 6.99. The van der Waals surface area contributed by atoms with E-state index in [9.17, 15) is 4.79 Å². The van der Waals surface area contributed by atoms with E-state index in [4.69, 9.17) is 0 Å². The largest absolute Gasteiger partial charge is 0.259 e. The molecule has 1 aliphatic heterocycles. The Morgan fingerprint density at radius 3 is 3.38 bits per heavy atom. The van der Waals surface area contributed by atoms with Crippen LogP contribution in [0.25, 0.3) is 0 Å². The third-order valence-corrected chi connectivity index (χ3v) is 2.97. The van der Waals surface area contributed by atoms with Gasteiger partial charge in [0.25, 0.3) is 0 Å². The van der Waals surface area contributed by atoms with Gasteiger partial charge in [0, 0.05) is 11.4 Å². The summed E-state index contributed by atoms with van der Waals surface area (Å²) >= 11 is 1.88. The smallest absolute Gasteiger partial charge is 0.240 e. The molecule has 0 bridgehead atoms. The molecule has 1 aromatic rings. The predicted molar refractivity (Wildman–Crippen MR) is 51.9 cm³/mol. The van der Waals surface area contributed by atoms with E-state index in [0.717, 1.165) is 23.6 Å². The summed E-state index contributed by atoms with van der Waals surface area (Å²) < 4.78 is 0. The van der Waals surface area contributed by atoms with Crippen molar-refractivity contribution in [2.24, 2.45) is 4.99 Å². The molecule has 0 aromatic carbocycles. The van der Waals surface area contributed by atoms with Gasteiger partial charge in [-0.3, -0.25) is 4.98 Å². The third kappa shape index (κ3) is 1.79. The molecule has 3 nitrogen and oxygen atoms in total. The van der Waals surface area contributed by atoms with Crippen LogP contribution in [-0.4, -0.2) is 16.8 Å². The maximum Gasteiger partial charge on any atom is 0.240 e. The third-order valence-electron chi connectivity index (χ3n) is 1.96. The fraction of sp³-hybridized carbons (Fsp3) is 0.333. The Hall–Kier alpha value is -1.12. The molecule has 0 spiro atoms. The average molecular weight is 192 g/mol. The Morgan fingerprint density at radius 2 is 2.54 bits per heavy atom. The summed E-state index contributed by atoms with van der Waals surface area (Å²) in [6.07, 6.45) is 4.16. The minimum Gasteiger partial charge on any atom is -0.259 e. The number of rotatable bonds is 1. The van der Waals surface area contributed by atoms with Crippen LogP contribution in [0.5, 0.6) is 0 Å². The van der Waals surface area contributed by atoms with Crippen LogP contribution in [0.3, 0.4) is 0 Å². The number of aliphatic imine (C=N–C) groups is 1. The number of thioether (sulfide) groups is 1. The summed E-state index contributed by atoms with van der Waals surface area (Å²) in [5.74, 6) is 2.11. The van der Waals surface area contributed by atoms with Crippen molar-refractivity contribution in [3.8, 4) is 0 Å². The highest BCUT2D eigenvalue weighted by atomic mass is 32.2. The molecular formula is C9H8N2OS. The van der Waals surface area contributed by atoms with E-state index < -0.39 is 0 Å². The highest BCUT2D eigenvalue weighted by Gasteiger charge is 2.10. The van der Waals surface area contributed by atoms with E-state index in [2.05, 4.69) is 9.98 Å². The van der Waals surface area contributed by atoms with Crippen molar-refractivity contribution in [3.05, 3.63) is 23.5 Å². The number of pyridine rings is 1. The molecule has 0 N–H and O–H groups in total. The first-order valence-corrected chi connectivity index (χ1v) is 5.19. The minimum absolute atomic E-state index is 0.608. The SMILES string of the molecule is O=C=Nc1cnc2c(c1)CSCC2. The van der Waals surface area contributed by atoms with Crippen molar-refractivity contribution in [1.82, 2.24) is 4.98 Å². The Kier molecular flexibility index (Phi) is 2.43. The first-order chi connectivity index (χ1) is 6.40. The van der Waals surface area contributed by atoms with Crippen molar-refractivity contribution >= 4 is 23.5 Å². The van der Waals surface area contributed by atoms with Gasteiger partial charge in [-0.25, -0.2) is 4.79 Å². The van der Waals surface area contributed by atoms with Gasteiger partial charge in [0.1, 0.15) is 0 Å². The van der Waals surface area contributed by atoms with Crippen molar-refractivity contribution in [2.45, 2.75) is 12.2 Å². The second kappa shape index (κ2) is 3.73. The van der Waals surface area contributed by atoms with Crippen molar-refractivity contribution in [1.29, 1.82) is 0 Å². The van der Waals surface area contributed by atoms with Crippen LogP contribution in [0.2, 0.25) is 0 Å². The first kappa shape index (κ1) is 8.48. The normalized spacial score (nSPS) is 14.5. The van der Waals surface area contributed by atoms with Gasteiger partial charge in [-0.05, 0) is 23.8 Å². The van der Waals surface area contributed by atoms with E-state index in [1.54, 1.807) is 6.20 Å². The van der Waals surface area contributed by atoms with Crippen LogP contribution in [0.4, 0.5) is 5.69 Å². The Balaban J connectivity index is 2.40. The summed E-state index contributed by atoms with van der Waals surface area (Å²) in [6.45, 7) is 0. The number of hydrogen-bond donors (Lipinski definition) is 0. The van der Waals surface area contributed by atoms with E-state index in [0.29, 0.717) is 5.69 Å². The van der Waals surface area contributed by atoms with Gasteiger partial charge in [-0.1, -0.05) is 0 Å². The van der Waals surface area contributed by atoms with E-state index >= 15 is 0 Å². The molecule has 13 heavy (non-hydrogen) atoms. The fourth-order valence-corrected chi connectivity index (χ4v) is 2.29. The number of isocyanates is 1. The monoisotopic (exact) mass is 192 g/mol. The second-order valence-corrected chi connectivity index (χ2v) is 3.91. The van der Waals surface area contributed by atoms with Crippen LogP contribution < -0.4 is 0 Å². The van der Waals surface area contributed by atoms with Crippen LogP contribution in [0.1, 0.15) is 11.3 Å². The molecule has 0 saturated heterocycles. The molecular weight excluding hydrogens is 184 g/mol. The number of nitrogens with zero attached hydrogens (tertiary/aromatic N) is 2. The van der Waals surface area contributed by atoms with Crippen molar-refractivity contribution in [2.75, 3.05) is 5.75 Å². The Labute approximate surface area is 80.3 Å². The molecule has 0 saturated carbocycles. The lowest BCUT2D eigenvalue weighted by atomic mass is 10.1. The van der Waals surface area contributed by atoms with Crippen molar-refractivity contribution < 1.29 is 4.79 Å². The molecule has 0 atom stereocenters. The standard InChI is InChI=1S/C9H8N2OS/c12-6-11-8-3-7-5-13-2-1-9(7)10-4-8/h3-4H,1-2,5H2. The molecule has 0 radical (unpaired) electrons. The first-order valence-electron chi connectivity index (χ1n) is 4.03.